The zero-order chi connectivity index (χ0) is 21.0. The Bertz CT molecular complexity index is 1210. The average Bonchev–Trinajstić information content (AvgIpc) is 2.69. The van der Waals surface area contributed by atoms with Gasteiger partial charge in [-0.25, -0.2) is 10.4 Å². The summed E-state index contributed by atoms with van der Waals surface area (Å²) in [6.45, 7) is 0. The van der Waals surface area contributed by atoms with Gasteiger partial charge in [-0.3, -0.25) is 19.9 Å². The molecule has 0 aliphatic heterocycles. The molecule has 11 heteroatoms. The van der Waals surface area contributed by atoms with Crippen molar-refractivity contribution in [2.24, 2.45) is 5.10 Å². The van der Waals surface area contributed by atoms with Crippen molar-refractivity contribution in [3.63, 3.8) is 0 Å². The molecule has 0 aliphatic rings. The third kappa shape index (κ3) is 4.01. The maximum Gasteiger partial charge on any atom is 0.311 e. The summed E-state index contributed by atoms with van der Waals surface area (Å²) in [5.74, 6) is -1.22. The van der Waals surface area contributed by atoms with Gasteiger partial charge in [0, 0.05) is 23.3 Å². The molecule has 0 saturated carbocycles. The number of phenols is 2. The summed E-state index contributed by atoms with van der Waals surface area (Å²) in [6, 6.07) is 12.1. The maximum absolute atomic E-state index is 12.2. The minimum absolute atomic E-state index is 0.0544. The molecule has 4 N–H and O–H groups in total. The third-order valence-corrected chi connectivity index (χ3v) is 3.77. The van der Waals surface area contributed by atoms with Crippen LogP contribution in [0.1, 0.15) is 11.1 Å². The number of nitro groups is 1. The number of H-pyrrole nitrogens is 1. The van der Waals surface area contributed by atoms with Gasteiger partial charge in [0.2, 0.25) is 5.95 Å². The summed E-state index contributed by atoms with van der Waals surface area (Å²) in [5.41, 5.74) is 1.62. The molecular formula is C18H12N6O5. The number of hydrogen-bond donors (Lipinski definition) is 4. The summed E-state index contributed by atoms with van der Waals surface area (Å²) >= 11 is 0. The molecule has 0 radical (unpaired) electrons. The Labute approximate surface area is 162 Å². The molecule has 3 aromatic rings. The van der Waals surface area contributed by atoms with Crippen molar-refractivity contribution in [2.75, 3.05) is 5.43 Å². The molecule has 2 aromatic carbocycles. The lowest BCUT2D eigenvalue weighted by Crippen LogP contribution is -2.16. The van der Waals surface area contributed by atoms with Gasteiger partial charge in [0.05, 0.1) is 16.8 Å². The van der Waals surface area contributed by atoms with Gasteiger partial charge in [0.1, 0.15) is 17.4 Å². The summed E-state index contributed by atoms with van der Waals surface area (Å²) in [6.07, 6.45) is 1.04. The van der Waals surface area contributed by atoms with Crippen molar-refractivity contribution in [1.82, 2.24) is 9.97 Å². The van der Waals surface area contributed by atoms with Crippen LogP contribution < -0.4 is 11.0 Å². The van der Waals surface area contributed by atoms with E-state index >= 15 is 0 Å². The maximum atomic E-state index is 12.2. The molecular weight excluding hydrogens is 380 g/mol. The number of nitrogens with one attached hydrogen (secondary N) is 2. The van der Waals surface area contributed by atoms with Crippen LogP contribution in [0.2, 0.25) is 0 Å². The molecule has 0 fully saturated rings. The zero-order valence-electron chi connectivity index (χ0n) is 14.5. The number of aromatic nitrogens is 2. The van der Waals surface area contributed by atoms with Crippen molar-refractivity contribution in [1.29, 1.82) is 5.26 Å². The fraction of sp³-hybridized carbons (Fsp3) is 0. The van der Waals surface area contributed by atoms with E-state index < -0.39 is 27.7 Å². The van der Waals surface area contributed by atoms with Gasteiger partial charge in [-0.05, 0) is 0 Å². The SMILES string of the molecule is N#Cc1c(-c2ccccc2)nc(NN=Cc2cc([N+](=O)[O-])c(O)cc2O)[nH]c1=O. The quantitative estimate of drug-likeness (QED) is 0.289. The van der Waals surface area contributed by atoms with Crippen molar-refractivity contribution in [3.8, 4) is 28.8 Å². The molecule has 29 heavy (non-hydrogen) atoms. The lowest BCUT2D eigenvalue weighted by atomic mass is 10.1. The predicted molar refractivity (Wildman–Crippen MR) is 103 cm³/mol. The number of benzene rings is 2. The predicted octanol–water partition coefficient (Wildman–Crippen LogP) is 2.07. The number of hydrazone groups is 1. The number of nitrogens with zero attached hydrogens (tertiary/aromatic N) is 4. The first kappa shape index (κ1) is 19.1. The van der Waals surface area contributed by atoms with E-state index in [-0.39, 0.29) is 22.8 Å². The molecule has 3 rings (SSSR count). The van der Waals surface area contributed by atoms with Crippen LogP contribution in [0, 0.1) is 21.4 Å². The van der Waals surface area contributed by atoms with E-state index in [1.54, 1.807) is 30.3 Å². The largest absolute Gasteiger partial charge is 0.507 e. The number of phenolic OH excluding ortho intramolecular Hbond substituents is 2. The number of rotatable bonds is 5. The van der Waals surface area contributed by atoms with Crippen LogP contribution >= 0.6 is 0 Å². The normalized spacial score (nSPS) is 10.6. The molecule has 0 unspecified atom stereocenters. The van der Waals surface area contributed by atoms with Crippen molar-refractivity contribution in [2.45, 2.75) is 0 Å². The van der Waals surface area contributed by atoms with Crippen LogP contribution in [0.4, 0.5) is 11.6 Å². The molecule has 0 atom stereocenters. The van der Waals surface area contributed by atoms with Crippen LogP contribution in [0.3, 0.4) is 0 Å². The molecule has 144 valence electrons. The van der Waals surface area contributed by atoms with Crippen molar-refractivity contribution >= 4 is 17.9 Å². The molecule has 1 aromatic heterocycles. The summed E-state index contributed by atoms with van der Waals surface area (Å²) in [4.78, 5) is 28.7. The highest BCUT2D eigenvalue weighted by molar-refractivity contribution is 5.85. The Morgan fingerprint density at radius 2 is 1.97 bits per heavy atom. The number of nitriles is 1. The summed E-state index contributed by atoms with van der Waals surface area (Å²) < 4.78 is 0. The fourth-order valence-corrected chi connectivity index (χ4v) is 2.43. The van der Waals surface area contributed by atoms with Gasteiger partial charge in [0.15, 0.2) is 5.75 Å². The topological polar surface area (TPSA) is 178 Å². The highest BCUT2D eigenvalue weighted by Gasteiger charge is 2.17. The van der Waals surface area contributed by atoms with Crippen LogP contribution in [-0.4, -0.2) is 31.3 Å². The van der Waals surface area contributed by atoms with Crippen LogP contribution in [0.25, 0.3) is 11.3 Å². The third-order valence-electron chi connectivity index (χ3n) is 3.77. The second kappa shape index (κ2) is 7.89. The van der Waals surface area contributed by atoms with Crippen LogP contribution in [-0.2, 0) is 0 Å². The van der Waals surface area contributed by atoms with Crippen molar-refractivity contribution < 1.29 is 15.1 Å². The molecule has 0 amide bonds. The van der Waals surface area contributed by atoms with E-state index in [4.69, 9.17) is 0 Å². The molecule has 0 spiro atoms. The van der Waals surface area contributed by atoms with E-state index in [0.717, 1.165) is 18.3 Å². The standard InChI is InChI=1S/C18H12N6O5/c19-8-12-16(10-4-2-1-3-5-10)21-18(22-17(12)27)23-20-9-11-6-13(24(28)29)15(26)7-14(11)25/h1-7,9,25-26H,(H2,21,22,23,27). The Hall–Kier alpha value is -4.72. The van der Waals surface area contributed by atoms with Gasteiger partial charge < -0.3 is 10.2 Å². The van der Waals surface area contributed by atoms with E-state index in [1.807, 2.05) is 6.07 Å². The van der Waals surface area contributed by atoms with Gasteiger partial charge in [-0.1, -0.05) is 30.3 Å². The Morgan fingerprint density at radius 3 is 2.62 bits per heavy atom. The van der Waals surface area contributed by atoms with Gasteiger partial charge in [-0.2, -0.15) is 10.4 Å². The van der Waals surface area contributed by atoms with E-state index in [9.17, 15) is 30.4 Å². The Balaban J connectivity index is 1.93. The number of hydrogen-bond acceptors (Lipinski definition) is 9. The second-order valence-electron chi connectivity index (χ2n) is 5.64. The van der Waals surface area contributed by atoms with Gasteiger partial charge >= 0.3 is 5.69 Å². The lowest BCUT2D eigenvalue weighted by Gasteiger charge is -2.06. The minimum atomic E-state index is -0.814. The number of anilines is 1. The molecule has 0 bridgehead atoms. The second-order valence-corrected chi connectivity index (χ2v) is 5.64. The molecule has 0 saturated heterocycles. The van der Waals surface area contributed by atoms with Crippen LogP contribution in [0.5, 0.6) is 11.5 Å². The number of aromatic hydroxyl groups is 2. The molecule has 11 nitrogen and oxygen atoms in total. The average molecular weight is 392 g/mol. The number of aromatic amines is 1. The van der Waals surface area contributed by atoms with E-state index in [0.29, 0.717) is 5.56 Å². The van der Waals surface area contributed by atoms with Crippen LogP contribution in [0.15, 0.2) is 52.4 Å². The summed E-state index contributed by atoms with van der Waals surface area (Å²) in [5, 5.41) is 43.2. The molecule has 1 heterocycles. The zero-order valence-corrected chi connectivity index (χ0v) is 14.5. The van der Waals surface area contributed by atoms with Crippen molar-refractivity contribution in [3.05, 3.63) is 74.1 Å². The van der Waals surface area contributed by atoms with E-state index in [1.165, 1.54) is 0 Å². The first-order valence-electron chi connectivity index (χ1n) is 8.00. The first-order chi connectivity index (χ1) is 13.9. The summed E-state index contributed by atoms with van der Waals surface area (Å²) in [7, 11) is 0. The lowest BCUT2D eigenvalue weighted by molar-refractivity contribution is -0.385. The minimum Gasteiger partial charge on any atom is -0.507 e. The van der Waals surface area contributed by atoms with Gasteiger partial charge in [0.25, 0.3) is 5.56 Å². The van der Waals surface area contributed by atoms with Gasteiger partial charge in [-0.15, -0.1) is 0 Å². The fourth-order valence-electron chi connectivity index (χ4n) is 2.43. The monoisotopic (exact) mass is 392 g/mol. The molecule has 0 aliphatic carbocycles. The van der Waals surface area contributed by atoms with E-state index in [2.05, 4.69) is 20.5 Å². The highest BCUT2D eigenvalue weighted by atomic mass is 16.6. The smallest absolute Gasteiger partial charge is 0.311 e. The number of nitro benzene ring substituents is 1. The highest BCUT2D eigenvalue weighted by Crippen LogP contribution is 2.32. The first-order valence-corrected chi connectivity index (χ1v) is 8.00. The Morgan fingerprint density at radius 1 is 1.24 bits per heavy atom. The Kier molecular flexibility index (Phi) is 5.18.